The maximum atomic E-state index is 5.51. The minimum absolute atomic E-state index is 0.755. The molecule has 0 saturated carbocycles. The van der Waals surface area contributed by atoms with Gasteiger partial charge in [0.15, 0.2) is 0 Å². The molecule has 2 rings (SSSR count). The monoisotopic (exact) mass is 246 g/mol. The minimum atomic E-state index is 0.755. The lowest BCUT2D eigenvalue weighted by molar-refractivity contribution is 0.841. The molecule has 90 valence electrons. The quantitative estimate of drug-likeness (QED) is 0.881. The van der Waals surface area contributed by atoms with Crippen LogP contribution in [0.4, 0.5) is 0 Å². The Morgan fingerprint density at radius 3 is 3.00 bits per heavy atom. The van der Waals surface area contributed by atoms with Crippen LogP contribution in [0.5, 0.6) is 0 Å². The maximum Gasteiger partial charge on any atom is 0.0971 e. The minimum Gasteiger partial charge on any atom is -0.330 e. The molecule has 0 aliphatic carbocycles. The topological polar surface area (TPSA) is 38.9 Å². The molecule has 1 heterocycles. The van der Waals surface area contributed by atoms with Crippen molar-refractivity contribution >= 4 is 11.3 Å². The number of aryl methyl sites for hydroxylation is 2. The predicted octanol–water partition coefficient (Wildman–Crippen LogP) is 2.93. The lowest BCUT2D eigenvalue weighted by Gasteiger charge is -1.99. The highest BCUT2D eigenvalue weighted by molar-refractivity contribution is 7.11. The van der Waals surface area contributed by atoms with Crippen molar-refractivity contribution in [1.82, 2.24) is 4.98 Å². The van der Waals surface area contributed by atoms with E-state index in [1.165, 1.54) is 21.0 Å². The van der Waals surface area contributed by atoms with E-state index in [4.69, 9.17) is 5.73 Å². The molecule has 0 aliphatic rings. The third-order valence-corrected chi connectivity index (χ3v) is 3.72. The van der Waals surface area contributed by atoms with E-state index in [0.717, 1.165) is 25.8 Å². The highest BCUT2D eigenvalue weighted by Gasteiger charge is 2.03. The summed E-state index contributed by atoms with van der Waals surface area (Å²) in [5, 5.41) is 1.20. The summed E-state index contributed by atoms with van der Waals surface area (Å²) in [7, 11) is 0. The van der Waals surface area contributed by atoms with Crippen LogP contribution in [0.15, 0.2) is 30.5 Å². The number of aromatic nitrogens is 1. The van der Waals surface area contributed by atoms with E-state index < -0.39 is 0 Å². The Kier molecular flexibility index (Phi) is 4.29. The number of hydrogen-bond acceptors (Lipinski definition) is 3. The highest BCUT2D eigenvalue weighted by Crippen LogP contribution is 2.18. The van der Waals surface area contributed by atoms with E-state index in [0.29, 0.717) is 0 Å². The van der Waals surface area contributed by atoms with Crippen LogP contribution in [0.2, 0.25) is 0 Å². The first-order valence-corrected chi connectivity index (χ1v) is 6.79. The van der Waals surface area contributed by atoms with E-state index in [-0.39, 0.29) is 0 Å². The number of benzene rings is 1. The number of rotatable bonds is 5. The van der Waals surface area contributed by atoms with Gasteiger partial charge in [-0.15, -0.1) is 11.3 Å². The molecule has 0 atom stereocenters. The molecule has 0 radical (unpaired) electrons. The van der Waals surface area contributed by atoms with Crippen molar-refractivity contribution in [2.75, 3.05) is 6.54 Å². The maximum absolute atomic E-state index is 5.51. The molecule has 1 aromatic carbocycles. The lowest BCUT2D eigenvalue weighted by atomic mass is 10.1. The van der Waals surface area contributed by atoms with E-state index in [1.807, 2.05) is 6.20 Å². The largest absolute Gasteiger partial charge is 0.330 e. The van der Waals surface area contributed by atoms with Gasteiger partial charge in [-0.05, 0) is 31.9 Å². The Morgan fingerprint density at radius 1 is 1.35 bits per heavy atom. The number of hydrogen-bond donors (Lipinski definition) is 1. The molecule has 0 bridgehead atoms. The van der Waals surface area contributed by atoms with Crippen molar-refractivity contribution in [3.8, 4) is 0 Å². The van der Waals surface area contributed by atoms with Crippen molar-refractivity contribution in [3.05, 3.63) is 51.5 Å². The molecule has 0 saturated heterocycles. The zero-order valence-electron chi connectivity index (χ0n) is 10.1. The van der Waals surface area contributed by atoms with E-state index in [2.05, 4.69) is 36.2 Å². The second-order valence-electron chi connectivity index (χ2n) is 4.28. The van der Waals surface area contributed by atoms with Crippen LogP contribution < -0.4 is 5.73 Å². The fourth-order valence-electron chi connectivity index (χ4n) is 1.82. The molecule has 0 unspecified atom stereocenters. The van der Waals surface area contributed by atoms with Gasteiger partial charge in [0, 0.05) is 17.5 Å². The van der Waals surface area contributed by atoms with Crippen LogP contribution >= 0.6 is 11.3 Å². The zero-order chi connectivity index (χ0) is 12.1. The normalized spacial score (nSPS) is 10.7. The smallest absolute Gasteiger partial charge is 0.0971 e. The third kappa shape index (κ3) is 3.65. The molecule has 0 amide bonds. The number of nitrogens with two attached hydrogens (primary N) is 1. The molecule has 2 aromatic rings. The standard InChI is InChI=1S/C14H18N2S/c1-11-4-2-5-12(8-11)9-14-16-10-13(17-14)6-3-7-15/h2,4-5,8,10H,3,6-7,9,15H2,1H3. The Morgan fingerprint density at radius 2 is 2.24 bits per heavy atom. The van der Waals surface area contributed by atoms with Crippen LogP contribution in [0.1, 0.15) is 27.4 Å². The number of thiazole rings is 1. The fraction of sp³-hybridized carbons (Fsp3) is 0.357. The molecule has 0 spiro atoms. The van der Waals surface area contributed by atoms with E-state index in [9.17, 15) is 0 Å². The Hall–Kier alpha value is -1.19. The molecular weight excluding hydrogens is 228 g/mol. The summed E-state index contributed by atoms with van der Waals surface area (Å²) < 4.78 is 0. The molecule has 0 fully saturated rings. The summed E-state index contributed by atoms with van der Waals surface area (Å²) >= 11 is 1.81. The number of nitrogens with zero attached hydrogens (tertiary/aromatic N) is 1. The first-order chi connectivity index (χ1) is 8.28. The average molecular weight is 246 g/mol. The molecule has 2 N–H and O–H groups in total. The van der Waals surface area contributed by atoms with Gasteiger partial charge in [0.1, 0.15) is 0 Å². The SMILES string of the molecule is Cc1cccc(Cc2ncc(CCCN)s2)c1. The van der Waals surface area contributed by atoms with Gasteiger partial charge < -0.3 is 5.73 Å². The molecule has 0 aliphatic heterocycles. The van der Waals surface area contributed by atoms with Crippen LogP contribution in [-0.4, -0.2) is 11.5 Å². The summed E-state index contributed by atoms with van der Waals surface area (Å²) in [5.41, 5.74) is 8.15. The first kappa shape index (κ1) is 12.3. The Balaban J connectivity index is 2.01. The van der Waals surface area contributed by atoms with Crippen LogP contribution in [-0.2, 0) is 12.8 Å². The highest BCUT2D eigenvalue weighted by atomic mass is 32.1. The second-order valence-corrected chi connectivity index (χ2v) is 5.48. The van der Waals surface area contributed by atoms with Gasteiger partial charge in [0.05, 0.1) is 5.01 Å². The summed E-state index contributed by atoms with van der Waals surface area (Å²) in [6, 6.07) is 8.61. The van der Waals surface area contributed by atoms with Crippen molar-refractivity contribution in [2.45, 2.75) is 26.2 Å². The van der Waals surface area contributed by atoms with Crippen LogP contribution in [0, 0.1) is 6.92 Å². The zero-order valence-corrected chi connectivity index (χ0v) is 11.0. The van der Waals surface area contributed by atoms with Crippen molar-refractivity contribution in [3.63, 3.8) is 0 Å². The van der Waals surface area contributed by atoms with E-state index in [1.54, 1.807) is 11.3 Å². The molecule has 17 heavy (non-hydrogen) atoms. The summed E-state index contributed by atoms with van der Waals surface area (Å²) in [5.74, 6) is 0. The van der Waals surface area contributed by atoms with E-state index >= 15 is 0 Å². The van der Waals surface area contributed by atoms with Crippen molar-refractivity contribution in [1.29, 1.82) is 0 Å². The first-order valence-electron chi connectivity index (χ1n) is 5.97. The Bertz CT molecular complexity index is 477. The van der Waals surface area contributed by atoms with Crippen molar-refractivity contribution in [2.24, 2.45) is 5.73 Å². The second kappa shape index (κ2) is 5.94. The molecule has 1 aromatic heterocycles. The average Bonchev–Trinajstić information content (AvgIpc) is 2.74. The fourth-order valence-corrected chi connectivity index (χ4v) is 2.82. The molecule has 2 nitrogen and oxygen atoms in total. The van der Waals surface area contributed by atoms with Gasteiger partial charge in [-0.2, -0.15) is 0 Å². The molecule has 3 heteroatoms. The summed E-state index contributed by atoms with van der Waals surface area (Å²) in [6.45, 7) is 2.88. The predicted molar refractivity (Wildman–Crippen MR) is 73.5 cm³/mol. The van der Waals surface area contributed by atoms with Gasteiger partial charge in [-0.1, -0.05) is 29.8 Å². The van der Waals surface area contributed by atoms with Gasteiger partial charge in [0.25, 0.3) is 0 Å². The van der Waals surface area contributed by atoms with Gasteiger partial charge in [-0.25, -0.2) is 4.98 Å². The van der Waals surface area contributed by atoms with Gasteiger partial charge >= 0.3 is 0 Å². The van der Waals surface area contributed by atoms with Crippen molar-refractivity contribution < 1.29 is 0 Å². The molecular formula is C14H18N2S. The van der Waals surface area contributed by atoms with Crippen LogP contribution in [0.3, 0.4) is 0 Å². The summed E-state index contributed by atoms with van der Waals surface area (Å²) in [6.07, 6.45) is 5.04. The summed E-state index contributed by atoms with van der Waals surface area (Å²) in [4.78, 5) is 5.82. The van der Waals surface area contributed by atoms with Gasteiger partial charge in [-0.3, -0.25) is 0 Å². The van der Waals surface area contributed by atoms with Crippen LogP contribution in [0.25, 0.3) is 0 Å². The van der Waals surface area contributed by atoms with Gasteiger partial charge in [0.2, 0.25) is 0 Å². The Labute approximate surface area is 107 Å². The third-order valence-electron chi connectivity index (χ3n) is 2.67. The lowest BCUT2D eigenvalue weighted by Crippen LogP contribution is -1.99.